The van der Waals surface area contributed by atoms with Crippen LogP contribution >= 0.6 is 15.9 Å². The number of nitrogen functional groups attached to an aromatic ring is 1. The molecule has 0 aromatic heterocycles. The monoisotopic (exact) mass is 340 g/mol. The van der Waals surface area contributed by atoms with Crippen LogP contribution in [0.3, 0.4) is 0 Å². The first-order valence-electron chi connectivity index (χ1n) is 5.68. The third-order valence-corrected chi connectivity index (χ3v) is 3.30. The maximum atomic E-state index is 14.0. The lowest BCUT2D eigenvalue weighted by molar-refractivity contribution is 0.296. The second-order valence-corrected chi connectivity index (χ2v) is 4.91. The van der Waals surface area contributed by atoms with E-state index < -0.39 is 11.6 Å². The fourth-order valence-corrected chi connectivity index (χ4v) is 2.00. The molecule has 0 atom stereocenters. The van der Waals surface area contributed by atoms with Crippen molar-refractivity contribution in [3.8, 4) is 5.75 Å². The van der Waals surface area contributed by atoms with Gasteiger partial charge in [0.1, 0.15) is 29.8 Å². The van der Waals surface area contributed by atoms with E-state index in [1.54, 1.807) is 6.07 Å². The maximum absolute atomic E-state index is 14.0. The predicted molar refractivity (Wildman–Crippen MR) is 75.8 cm³/mol. The quantitative estimate of drug-likeness (QED) is 0.660. The van der Waals surface area contributed by atoms with Crippen molar-refractivity contribution in [1.82, 2.24) is 0 Å². The summed E-state index contributed by atoms with van der Waals surface area (Å²) in [5, 5.41) is 7.27. The van der Waals surface area contributed by atoms with E-state index in [-0.39, 0.29) is 29.3 Å². The number of ether oxygens (including phenoxy) is 1. The van der Waals surface area contributed by atoms with Gasteiger partial charge in [0.2, 0.25) is 0 Å². The maximum Gasteiger partial charge on any atom is 0.140 e. The summed E-state index contributed by atoms with van der Waals surface area (Å²) in [4.78, 5) is 0. The van der Waals surface area contributed by atoms with Crippen LogP contribution in [0.25, 0.3) is 0 Å². The lowest BCUT2D eigenvalue weighted by atomic mass is 10.1. The molecule has 0 bridgehead atoms. The van der Waals surface area contributed by atoms with E-state index in [2.05, 4.69) is 15.9 Å². The van der Waals surface area contributed by atoms with Gasteiger partial charge in [0.15, 0.2) is 0 Å². The highest BCUT2D eigenvalue weighted by molar-refractivity contribution is 9.10. The molecule has 0 saturated carbocycles. The van der Waals surface area contributed by atoms with E-state index in [1.807, 2.05) is 0 Å². The highest BCUT2D eigenvalue weighted by Gasteiger charge is 2.11. The SMILES string of the molecule is N=C(N)c1cccc(COc2cc(F)ccc2Br)c1F. The van der Waals surface area contributed by atoms with Crippen LogP contribution in [0.15, 0.2) is 40.9 Å². The van der Waals surface area contributed by atoms with Gasteiger partial charge in [-0.2, -0.15) is 0 Å². The predicted octanol–water partition coefficient (Wildman–Crippen LogP) is 3.59. The Bertz CT molecular complexity index is 662. The topological polar surface area (TPSA) is 59.1 Å². The highest BCUT2D eigenvalue weighted by Crippen LogP contribution is 2.26. The zero-order valence-corrected chi connectivity index (χ0v) is 11.9. The second kappa shape index (κ2) is 6.00. The number of benzene rings is 2. The molecule has 0 spiro atoms. The molecular formula is C14H11BrF2N2O. The highest BCUT2D eigenvalue weighted by atomic mass is 79.9. The summed E-state index contributed by atoms with van der Waals surface area (Å²) < 4.78 is 33.1. The minimum atomic E-state index is -0.604. The lowest BCUT2D eigenvalue weighted by Gasteiger charge is -2.10. The zero-order chi connectivity index (χ0) is 14.7. The third-order valence-electron chi connectivity index (χ3n) is 2.65. The minimum Gasteiger partial charge on any atom is -0.488 e. The van der Waals surface area contributed by atoms with Crippen molar-refractivity contribution >= 4 is 21.8 Å². The largest absolute Gasteiger partial charge is 0.488 e. The summed E-state index contributed by atoms with van der Waals surface area (Å²) in [6, 6.07) is 8.52. The standard InChI is InChI=1S/C14H11BrF2N2O/c15-11-5-4-9(16)6-12(11)20-7-8-2-1-3-10(13(8)17)14(18)19/h1-6H,7H2,(H3,18,19). The number of nitrogens with one attached hydrogen (secondary N) is 1. The molecule has 3 nitrogen and oxygen atoms in total. The second-order valence-electron chi connectivity index (χ2n) is 4.06. The molecule has 2 rings (SSSR count). The zero-order valence-electron chi connectivity index (χ0n) is 10.3. The van der Waals surface area contributed by atoms with E-state index in [4.69, 9.17) is 15.9 Å². The van der Waals surface area contributed by atoms with E-state index >= 15 is 0 Å². The van der Waals surface area contributed by atoms with Gasteiger partial charge in [-0.25, -0.2) is 8.78 Å². The van der Waals surface area contributed by atoms with Crippen LogP contribution in [0.2, 0.25) is 0 Å². The van der Waals surface area contributed by atoms with Crippen molar-refractivity contribution in [2.45, 2.75) is 6.61 Å². The Morgan fingerprint density at radius 2 is 2.00 bits per heavy atom. The Kier molecular flexibility index (Phi) is 4.34. The molecule has 2 aromatic carbocycles. The molecule has 6 heteroatoms. The number of halogens is 3. The Hall–Kier alpha value is -1.95. The fraction of sp³-hybridized carbons (Fsp3) is 0.0714. The van der Waals surface area contributed by atoms with Crippen LogP contribution in [-0.4, -0.2) is 5.84 Å². The molecule has 3 N–H and O–H groups in total. The lowest BCUT2D eigenvalue weighted by Crippen LogP contribution is -2.14. The normalized spacial score (nSPS) is 10.3. The molecule has 20 heavy (non-hydrogen) atoms. The number of hydrogen-bond donors (Lipinski definition) is 2. The van der Waals surface area contributed by atoms with E-state index in [0.29, 0.717) is 4.47 Å². The van der Waals surface area contributed by atoms with Crippen molar-refractivity contribution in [3.63, 3.8) is 0 Å². The molecular weight excluding hydrogens is 330 g/mol. The van der Waals surface area contributed by atoms with E-state index in [1.165, 1.54) is 30.3 Å². The Balaban J connectivity index is 2.21. The average Bonchev–Trinajstić information content (AvgIpc) is 2.41. The number of hydrogen-bond acceptors (Lipinski definition) is 2. The number of amidine groups is 1. The summed E-state index contributed by atoms with van der Waals surface area (Å²) in [6.45, 7) is -0.0883. The van der Waals surface area contributed by atoms with E-state index in [9.17, 15) is 8.78 Å². The molecule has 0 unspecified atom stereocenters. The first-order valence-corrected chi connectivity index (χ1v) is 6.48. The smallest absolute Gasteiger partial charge is 0.140 e. The van der Waals surface area contributed by atoms with Crippen LogP contribution < -0.4 is 10.5 Å². The number of rotatable bonds is 4. The molecule has 0 amide bonds. The summed E-state index contributed by atoms with van der Waals surface area (Å²) in [7, 11) is 0. The first-order chi connectivity index (χ1) is 9.49. The number of nitrogens with two attached hydrogens (primary N) is 1. The van der Waals surface area contributed by atoms with Crippen molar-refractivity contribution < 1.29 is 13.5 Å². The van der Waals surface area contributed by atoms with Gasteiger partial charge in [0, 0.05) is 11.6 Å². The van der Waals surface area contributed by atoms with Crippen LogP contribution in [0.5, 0.6) is 5.75 Å². The van der Waals surface area contributed by atoms with Crippen molar-refractivity contribution in [2.24, 2.45) is 5.73 Å². The molecule has 0 saturated heterocycles. The average molecular weight is 341 g/mol. The van der Waals surface area contributed by atoms with Crippen molar-refractivity contribution in [1.29, 1.82) is 5.41 Å². The van der Waals surface area contributed by atoms with Gasteiger partial charge in [0.05, 0.1) is 10.0 Å². The third kappa shape index (κ3) is 3.14. The van der Waals surface area contributed by atoms with Crippen LogP contribution in [0, 0.1) is 17.0 Å². The van der Waals surface area contributed by atoms with Crippen LogP contribution in [0.1, 0.15) is 11.1 Å². The van der Waals surface area contributed by atoms with Gasteiger partial charge in [0.25, 0.3) is 0 Å². The molecule has 104 valence electrons. The summed E-state index contributed by atoms with van der Waals surface area (Å²) in [5.41, 5.74) is 5.54. The van der Waals surface area contributed by atoms with Crippen LogP contribution in [-0.2, 0) is 6.61 Å². The molecule has 0 heterocycles. The Labute approximate surface area is 123 Å². The van der Waals surface area contributed by atoms with Gasteiger partial charge in [-0.3, -0.25) is 5.41 Å². The van der Waals surface area contributed by atoms with Crippen LogP contribution in [0.4, 0.5) is 8.78 Å². The van der Waals surface area contributed by atoms with E-state index in [0.717, 1.165) is 0 Å². The Morgan fingerprint density at radius 1 is 1.25 bits per heavy atom. The fourth-order valence-electron chi connectivity index (χ4n) is 1.64. The van der Waals surface area contributed by atoms with Gasteiger partial charge < -0.3 is 10.5 Å². The summed E-state index contributed by atoms with van der Waals surface area (Å²) in [5.74, 6) is -1.12. The molecule has 0 aliphatic rings. The molecule has 0 fully saturated rings. The van der Waals surface area contributed by atoms with Crippen molar-refractivity contribution in [2.75, 3.05) is 0 Å². The molecule has 0 aliphatic heterocycles. The minimum absolute atomic E-state index is 0.0180. The van der Waals surface area contributed by atoms with Gasteiger partial charge in [-0.15, -0.1) is 0 Å². The van der Waals surface area contributed by atoms with Crippen molar-refractivity contribution in [3.05, 3.63) is 63.6 Å². The van der Waals surface area contributed by atoms with Gasteiger partial charge >= 0.3 is 0 Å². The molecule has 0 radical (unpaired) electrons. The summed E-state index contributed by atoms with van der Waals surface area (Å²) in [6.07, 6.45) is 0. The van der Waals surface area contributed by atoms with Gasteiger partial charge in [-0.05, 0) is 34.1 Å². The summed E-state index contributed by atoms with van der Waals surface area (Å²) >= 11 is 3.22. The van der Waals surface area contributed by atoms with Gasteiger partial charge in [-0.1, -0.05) is 12.1 Å². The first kappa shape index (κ1) is 14.5. The Morgan fingerprint density at radius 3 is 2.70 bits per heavy atom. The molecule has 2 aromatic rings. The molecule has 0 aliphatic carbocycles.